The third-order valence-electron chi connectivity index (χ3n) is 4.88. The Morgan fingerprint density at radius 1 is 0.640 bits per heavy atom. The van der Waals surface area contributed by atoms with Gasteiger partial charge in [0.15, 0.2) is 0 Å². The van der Waals surface area contributed by atoms with Gasteiger partial charge in [0.25, 0.3) is 0 Å². The lowest BCUT2D eigenvalue weighted by atomic mass is 9.96. The topological polar surface area (TPSA) is 34.4 Å². The van der Waals surface area contributed by atoms with E-state index < -0.39 is 0 Å². The second kappa shape index (κ2) is 12.7. The molecule has 138 valence electrons. The van der Waals surface area contributed by atoms with Gasteiger partial charge in [0.1, 0.15) is 6.04 Å². The van der Waals surface area contributed by atoms with E-state index in [9.17, 15) is 0 Å². The van der Waals surface area contributed by atoms with E-state index >= 15 is 0 Å². The molecule has 2 heteroatoms. The molecule has 0 fully saturated rings. The highest BCUT2D eigenvalue weighted by Gasteiger charge is 2.25. The van der Waals surface area contributed by atoms with E-state index in [-0.39, 0.29) is 5.48 Å². The van der Waals surface area contributed by atoms with Crippen LogP contribution >= 0.6 is 0 Å². The average molecular weight is 342 g/mol. The van der Waals surface area contributed by atoms with Crippen LogP contribution in [0.3, 0.4) is 0 Å². The minimum Gasteiger partial charge on any atom is -0.870 e. The molecule has 0 saturated carbocycles. The Balaban J connectivity index is 0.00000312. The van der Waals surface area contributed by atoms with E-state index in [0.29, 0.717) is 6.04 Å². The molecule has 0 radical (unpaired) electrons. The summed E-state index contributed by atoms with van der Waals surface area (Å²) in [7, 11) is 0. The van der Waals surface area contributed by atoms with Crippen LogP contribution in [0.1, 0.15) is 69.5 Å². The van der Waals surface area contributed by atoms with Gasteiger partial charge in [-0.05, 0) is 25.7 Å². The van der Waals surface area contributed by atoms with Gasteiger partial charge in [0, 0.05) is 11.1 Å². The highest BCUT2D eigenvalue weighted by atomic mass is 16.0. The van der Waals surface area contributed by atoms with Crippen LogP contribution in [-0.2, 0) is 0 Å². The zero-order valence-electron chi connectivity index (χ0n) is 16.0. The van der Waals surface area contributed by atoms with E-state index in [1.807, 2.05) is 0 Å². The van der Waals surface area contributed by atoms with Crippen molar-refractivity contribution in [2.45, 2.75) is 58.4 Å². The largest absolute Gasteiger partial charge is 0.870 e. The molecule has 2 N–H and O–H groups in total. The van der Waals surface area contributed by atoms with Gasteiger partial charge >= 0.3 is 0 Å². The Kier molecular flexibility index (Phi) is 10.9. The lowest BCUT2D eigenvalue weighted by molar-refractivity contribution is -0.926. The third-order valence-corrected chi connectivity index (χ3v) is 4.88. The van der Waals surface area contributed by atoms with E-state index in [1.165, 1.54) is 62.7 Å². The van der Waals surface area contributed by atoms with Crippen molar-refractivity contribution >= 4 is 0 Å². The van der Waals surface area contributed by atoms with Crippen molar-refractivity contribution in [3.8, 4) is 0 Å². The molecule has 0 amide bonds. The molecule has 0 aliphatic heterocycles. The molecule has 0 aliphatic carbocycles. The number of rotatable bonds is 11. The predicted octanol–water partition coefficient (Wildman–Crippen LogP) is 4.86. The highest BCUT2D eigenvalue weighted by Crippen LogP contribution is 2.19. The summed E-state index contributed by atoms with van der Waals surface area (Å²) in [6.45, 7) is 7.13. The summed E-state index contributed by atoms with van der Waals surface area (Å²) in [4.78, 5) is 1.73. The number of benzene rings is 2. The lowest BCUT2D eigenvalue weighted by Crippen LogP contribution is -3.12. The van der Waals surface area contributed by atoms with Gasteiger partial charge in [-0.3, -0.25) is 0 Å². The lowest BCUT2D eigenvalue weighted by Gasteiger charge is -2.30. The maximum absolute atomic E-state index is 2.30. The minimum absolute atomic E-state index is 0. The molecule has 0 heterocycles. The van der Waals surface area contributed by atoms with Crippen molar-refractivity contribution in [1.29, 1.82) is 0 Å². The Labute approximate surface area is 154 Å². The predicted molar refractivity (Wildman–Crippen MR) is 106 cm³/mol. The first-order valence-corrected chi connectivity index (χ1v) is 9.81. The molecule has 0 spiro atoms. The van der Waals surface area contributed by atoms with Crippen molar-refractivity contribution in [2.24, 2.45) is 0 Å². The van der Waals surface area contributed by atoms with E-state index in [0.717, 1.165) is 0 Å². The minimum atomic E-state index is 0. The molecule has 0 bridgehead atoms. The molecule has 0 saturated heterocycles. The van der Waals surface area contributed by atoms with E-state index in [1.54, 1.807) is 4.90 Å². The van der Waals surface area contributed by atoms with Crippen LogP contribution in [0.15, 0.2) is 60.7 Å². The number of quaternary nitrogens is 1. The fourth-order valence-electron chi connectivity index (χ4n) is 3.57. The summed E-state index contributed by atoms with van der Waals surface area (Å²) in [5, 5.41) is 0. The Morgan fingerprint density at radius 3 is 1.40 bits per heavy atom. The van der Waals surface area contributed by atoms with Gasteiger partial charge in [0.2, 0.25) is 0 Å². The van der Waals surface area contributed by atoms with Crippen molar-refractivity contribution < 1.29 is 10.4 Å². The Morgan fingerprint density at radius 2 is 1.04 bits per heavy atom. The van der Waals surface area contributed by atoms with Crippen molar-refractivity contribution in [3.63, 3.8) is 0 Å². The molecule has 25 heavy (non-hydrogen) atoms. The van der Waals surface area contributed by atoms with Gasteiger partial charge < -0.3 is 10.4 Å². The second-order valence-electron chi connectivity index (χ2n) is 6.83. The molecule has 2 nitrogen and oxygen atoms in total. The number of nitrogens with one attached hydrogen (secondary N) is 1. The molecule has 0 atom stereocenters. The van der Waals surface area contributed by atoms with Gasteiger partial charge in [0.05, 0.1) is 13.1 Å². The molecule has 2 aromatic rings. The fourth-order valence-corrected chi connectivity index (χ4v) is 3.57. The van der Waals surface area contributed by atoms with E-state index in [2.05, 4.69) is 74.5 Å². The van der Waals surface area contributed by atoms with Crippen molar-refractivity contribution in [1.82, 2.24) is 0 Å². The van der Waals surface area contributed by atoms with Gasteiger partial charge in [-0.15, -0.1) is 0 Å². The normalized spacial score (nSPS) is 10.9. The fraction of sp³-hybridized carbons (Fsp3) is 0.478. The van der Waals surface area contributed by atoms with Gasteiger partial charge in [-0.2, -0.15) is 0 Å². The van der Waals surface area contributed by atoms with Crippen molar-refractivity contribution in [3.05, 3.63) is 71.8 Å². The Hall–Kier alpha value is -1.64. The molecule has 0 aromatic heterocycles. The molecular weight excluding hydrogens is 306 g/mol. The smallest absolute Gasteiger partial charge is 0.139 e. The first kappa shape index (κ1) is 21.4. The van der Waals surface area contributed by atoms with Crippen LogP contribution in [-0.4, -0.2) is 18.6 Å². The van der Waals surface area contributed by atoms with Crippen LogP contribution in [0.2, 0.25) is 0 Å². The molecular formula is C23H35NO. The van der Waals surface area contributed by atoms with Crippen molar-refractivity contribution in [2.75, 3.05) is 13.1 Å². The molecule has 0 unspecified atom stereocenters. The third kappa shape index (κ3) is 7.01. The quantitative estimate of drug-likeness (QED) is 0.582. The summed E-state index contributed by atoms with van der Waals surface area (Å²) in [5.74, 6) is 0. The summed E-state index contributed by atoms with van der Waals surface area (Å²) >= 11 is 0. The monoisotopic (exact) mass is 341 g/mol. The van der Waals surface area contributed by atoms with Gasteiger partial charge in [-0.25, -0.2) is 0 Å². The SMILES string of the molecule is CCCCC[NH+](CCCCC)C(c1ccccc1)c1ccccc1.[OH-]. The maximum Gasteiger partial charge on any atom is 0.139 e. The molecule has 2 rings (SSSR count). The standard InChI is InChI=1S/C23H33N.H2O/c1-3-5-13-19-24(20-14-6-4-2)23(21-15-9-7-10-16-21)22-17-11-8-12-18-22;/h7-12,15-18,23H,3-6,13-14,19-20H2,1-2H3;1H2. The summed E-state index contributed by atoms with van der Waals surface area (Å²) in [6.07, 6.45) is 7.93. The second-order valence-corrected chi connectivity index (χ2v) is 6.83. The number of hydrogen-bond acceptors (Lipinski definition) is 1. The average Bonchev–Trinajstić information content (AvgIpc) is 2.64. The van der Waals surface area contributed by atoms with Crippen LogP contribution in [0.25, 0.3) is 0 Å². The molecule has 2 aromatic carbocycles. The number of unbranched alkanes of at least 4 members (excludes halogenated alkanes) is 4. The molecule has 0 aliphatic rings. The van der Waals surface area contributed by atoms with Crippen LogP contribution in [0.5, 0.6) is 0 Å². The first-order valence-electron chi connectivity index (χ1n) is 9.81. The zero-order valence-corrected chi connectivity index (χ0v) is 16.0. The summed E-state index contributed by atoms with van der Waals surface area (Å²) in [5.41, 5.74) is 2.90. The number of hydrogen-bond donors (Lipinski definition) is 1. The highest BCUT2D eigenvalue weighted by molar-refractivity contribution is 5.29. The van der Waals surface area contributed by atoms with Crippen LogP contribution in [0.4, 0.5) is 0 Å². The van der Waals surface area contributed by atoms with Crippen LogP contribution < -0.4 is 4.90 Å². The Bertz CT molecular complexity index is 491. The maximum atomic E-state index is 2.30. The summed E-state index contributed by atoms with van der Waals surface area (Å²) in [6, 6.07) is 22.6. The first-order chi connectivity index (χ1) is 11.9. The summed E-state index contributed by atoms with van der Waals surface area (Å²) < 4.78 is 0. The van der Waals surface area contributed by atoms with Crippen LogP contribution in [0, 0.1) is 0 Å². The zero-order chi connectivity index (χ0) is 17.0. The van der Waals surface area contributed by atoms with Gasteiger partial charge in [-0.1, -0.05) is 87.4 Å². The van der Waals surface area contributed by atoms with E-state index in [4.69, 9.17) is 0 Å².